The van der Waals surface area contributed by atoms with E-state index in [9.17, 15) is 9.59 Å². The molecule has 1 atom stereocenters. The van der Waals surface area contributed by atoms with Crippen LogP contribution < -0.4 is 5.32 Å². The summed E-state index contributed by atoms with van der Waals surface area (Å²) in [6.45, 7) is 3.91. The molecule has 0 radical (unpaired) electrons. The Morgan fingerprint density at radius 2 is 1.74 bits per heavy atom. The highest BCUT2D eigenvalue weighted by Crippen LogP contribution is 2.17. The second kappa shape index (κ2) is 8.03. The lowest BCUT2D eigenvalue weighted by Crippen LogP contribution is -2.45. The summed E-state index contributed by atoms with van der Waals surface area (Å²) in [6.07, 6.45) is -0.621. The molecule has 3 rings (SSSR count). The van der Waals surface area contributed by atoms with E-state index in [-0.39, 0.29) is 18.3 Å². The van der Waals surface area contributed by atoms with E-state index in [1.54, 1.807) is 11.6 Å². The van der Waals surface area contributed by atoms with Crippen molar-refractivity contribution in [3.8, 4) is 0 Å². The molecule has 1 heterocycles. The quantitative estimate of drug-likeness (QED) is 0.676. The number of aromatic nitrogens is 2. The van der Waals surface area contributed by atoms with E-state index in [4.69, 9.17) is 4.74 Å². The van der Waals surface area contributed by atoms with Gasteiger partial charge in [0.25, 0.3) is 0 Å². The first-order chi connectivity index (χ1) is 13.0. The zero-order chi connectivity index (χ0) is 19.4. The Balaban J connectivity index is 1.73. The molecule has 0 saturated heterocycles. The van der Waals surface area contributed by atoms with E-state index in [2.05, 4.69) is 10.3 Å². The van der Waals surface area contributed by atoms with E-state index < -0.39 is 12.1 Å². The van der Waals surface area contributed by atoms with Crippen molar-refractivity contribution in [2.45, 2.75) is 26.5 Å². The fourth-order valence-electron chi connectivity index (χ4n) is 2.93. The van der Waals surface area contributed by atoms with E-state index in [0.29, 0.717) is 5.82 Å². The van der Waals surface area contributed by atoms with Crippen LogP contribution >= 0.6 is 0 Å². The van der Waals surface area contributed by atoms with Crippen molar-refractivity contribution >= 4 is 22.9 Å². The molecular formula is C21H23N3O3. The SMILES string of the molecule is CC(C)[C@H](NC(=O)OCc1ccccc1)C(=O)c1nc2ccccc2n1C. The van der Waals surface area contributed by atoms with Gasteiger partial charge in [-0.05, 0) is 23.6 Å². The molecule has 1 N–H and O–H groups in total. The third-order valence-electron chi connectivity index (χ3n) is 4.44. The smallest absolute Gasteiger partial charge is 0.408 e. The van der Waals surface area contributed by atoms with Gasteiger partial charge in [-0.2, -0.15) is 0 Å². The van der Waals surface area contributed by atoms with Crippen molar-refractivity contribution in [2.24, 2.45) is 13.0 Å². The molecule has 1 aromatic heterocycles. The minimum absolute atomic E-state index is 0.110. The molecule has 3 aromatic rings. The summed E-state index contributed by atoms with van der Waals surface area (Å²) < 4.78 is 7.01. The maximum absolute atomic E-state index is 13.0. The Hall–Kier alpha value is -3.15. The van der Waals surface area contributed by atoms with Crippen LogP contribution in [0.15, 0.2) is 54.6 Å². The normalized spacial score (nSPS) is 12.1. The molecule has 0 aliphatic rings. The number of nitrogens with zero attached hydrogens (tertiary/aromatic N) is 2. The maximum Gasteiger partial charge on any atom is 0.408 e. The second-order valence-electron chi connectivity index (χ2n) is 6.78. The monoisotopic (exact) mass is 365 g/mol. The van der Waals surface area contributed by atoms with Crippen LogP contribution in [0.2, 0.25) is 0 Å². The van der Waals surface area contributed by atoms with Gasteiger partial charge in [0.15, 0.2) is 5.82 Å². The highest BCUT2D eigenvalue weighted by atomic mass is 16.5. The number of aryl methyl sites for hydroxylation is 1. The van der Waals surface area contributed by atoms with Gasteiger partial charge in [-0.1, -0.05) is 56.3 Å². The predicted octanol–water partition coefficient (Wildman–Crippen LogP) is 3.71. The van der Waals surface area contributed by atoms with Gasteiger partial charge < -0.3 is 14.6 Å². The number of imidazole rings is 1. The molecule has 0 aliphatic carbocycles. The number of hydrogen-bond donors (Lipinski definition) is 1. The zero-order valence-electron chi connectivity index (χ0n) is 15.7. The molecule has 140 valence electrons. The molecule has 0 unspecified atom stereocenters. The van der Waals surface area contributed by atoms with Crippen LogP contribution in [0, 0.1) is 5.92 Å². The molecule has 1 amide bonds. The van der Waals surface area contributed by atoms with Crippen LogP contribution in [0.3, 0.4) is 0 Å². The van der Waals surface area contributed by atoms with E-state index >= 15 is 0 Å². The Morgan fingerprint density at radius 3 is 2.41 bits per heavy atom. The number of nitrogens with one attached hydrogen (secondary N) is 1. The minimum atomic E-state index is -0.719. The molecule has 0 fully saturated rings. The first-order valence-corrected chi connectivity index (χ1v) is 8.90. The first-order valence-electron chi connectivity index (χ1n) is 8.90. The average Bonchev–Trinajstić information content (AvgIpc) is 3.01. The fraction of sp³-hybridized carbons (Fsp3) is 0.286. The van der Waals surface area contributed by atoms with Crippen LogP contribution in [0.5, 0.6) is 0 Å². The Labute approximate surface area is 158 Å². The molecule has 27 heavy (non-hydrogen) atoms. The topological polar surface area (TPSA) is 73.2 Å². The summed E-state index contributed by atoms with van der Waals surface area (Å²) in [4.78, 5) is 29.7. The van der Waals surface area contributed by atoms with Gasteiger partial charge >= 0.3 is 6.09 Å². The molecule has 0 aliphatic heterocycles. The summed E-state index contributed by atoms with van der Waals surface area (Å²) in [6, 6.07) is 16.2. The van der Waals surface area contributed by atoms with Crippen molar-refractivity contribution in [3.63, 3.8) is 0 Å². The van der Waals surface area contributed by atoms with Crippen LogP contribution in [0.4, 0.5) is 4.79 Å². The Morgan fingerprint density at radius 1 is 1.07 bits per heavy atom. The minimum Gasteiger partial charge on any atom is -0.445 e. The largest absolute Gasteiger partial charge is 0.445 e. The summed E-state index contributed by atoms with van der Waals surface area (Å²) >= 11 is 0. The number of carbonyl (C=O) groups is 2. The molecule has 0 saturated carbocycles. The number of para-hydroxylation sites is 2. The molecule has 6 heteroatoms. The molecule has 6 nitrogen and oxygen atoms in total. The highest BCUT2D eigenvalue weighted by molar-refractivity contribution is 6.01. The van der Waals surface area contributed by atoms with E-state index in [1.165, 1.54) is 0 Å². The van der Waals surface area contributed by atoms with Gasteiger partial charge in [0.05, 0.1) is 11.0 Å². The third-order valence-corrected chi connectivity index (χ3v) is 4.44. The number of benzene rings is 2. The number of amides is 1. The number of ether oxygens (including phenoxy) is 1. The van der Waals surface area contributed by atoms with Gasteiger partial charge in [0, 0.05) is 7.05 Å². The van der Waals surface area contributed by atoms with Crippen molar-refractivity contribution < 1.29 is 14.3 Å². The number of Topliss-reactive ketones (excluding diaryl/α,β-unsaturated/α-hetero) is 1. The summed E-state index contributed by atoms with van der Waals surface area (Å²) in [5.41, 5.74) is 2.50. The Bertz CT molecular complexity index is 948. The zero-order valence-corrected chi connectivity index (χ0v) is 15.7. The summed E-state index contributed by atoms with van der Waals surface area (Å²) in [5.74, 6) is -0.0276. The summed E-state index contributed by atoms with van der Waals surface area (Å²) in [7, 11) is 1.80. The maximum atomic E-state index is 13.0. The number of alkyl carbamates (subject to hydrolysis) is 1. The van der Waals surface area contributed by atoms with Gasteiger partial charge in [-0.15, -0.1) is 0 Å². The summed E-state index contributed by atoms with van der Waals surface area (Å²) in [5, 5.41) is 2.69. The third kappa shape index (κ3) is 4.16. The molecular weight excluding hydrogens is 342 g/mol. The number of fused-ring (bicyclic) bond motifs is 1. The molecule has 2 aromatic carbocycles. The number of hydrogen-bond acceptors (Lipinski definition) is 4. The van der Waals surface area contributed by atoms with Crippen LogP contribution in [0.1, 0.15) is 30.0 Å². The van der Waals surface area contributed by atoms with Crippen LogP contribution in [-0.2, 0) is 18.4 Å². The Kier molecular flexibility index (Phi) is 5.54. The van der Waals surface area contributed by atoms with E-state index in [0.717, 1.165) is 16.6 Å². The van der Waals surface area contributed by atoms with Crippen molar-refractivity contribution in [1.29, 1.82) is 0 Å². The fourth-order valence-corrected chi connectivity index (χ4v) is 2.93. The van der Waals surface area contributed by atoms with E-state index in [1.807, 2.05) is 68.4 Å². The van der Waals surface area contributed by atoms with Gasteiger partial charge in [-0.25, -0.2) is 9.78 Å². The van der Waals surface area contributed by atoms with Crippen molar-refractivity contribution in [2.75, 3.05) is 0 Å². The predicted molar refractivity (Wildman–Crippen MR) is 103 cm³/mol. The molecule has 0 bridgehead atoms. The number of carbonyl (C=O) groups excluding carboxylic acids is 2. The lowest BCUT2D eigenvalue weighted by atomic mass is 9.99. The van der Waals surface area contributed by atoms with Gasteiger partial charge in [-0.3, -0.25) is 4.79 Å². The highest BCUT2D eigenvalue weighted by Gasteiger charge is 2.29. The molecule has 0 spiro atoms. The van der Waals surface area contributed by atoms with Crippen LogP contribution in [-0.4, -0.2) is 27.5 Å². The lowest BCUT2D eigenvalue weighted by Gasteiger charge is -2.20. The van der Waals surface area contributed by atoms with Crippen molar-refractivity contribution in [3.05, 3.63) is 66.0 Å². The van der Waals surface area contributed by atoms with Crippen molar-refractivity contribution in [1.82, 2.24) is 14.9 Å². The number of rotatable bonds is 6. The number of ketones is 1. The van der Waals surface area contributed by atoms with Gasteiger partial charge in [0.2, 0.25) is 5.78 Å². The average molecular weight is 365 g/mol. The van der Waals surface area contributed by atoms with Crippen LogP contribution in [0.25, 0.3) is 11.0 Å². The van der Waals surface area contributed by atoms with Gasteiger partial charge in [0.1, 0.15) is 12.6 Å². The lowest BCUT2D eigenvalue weighted by molar-refractivity contribution is 0.0873. The second-order valence-corrected chi connectivity index (χ2v) is 6.78. The standard InChI is InChI=1S/C21H23N3O3/c1-14(2)18(23-21(26)27-13-15-9-5-4-6-10-15)19(25)20-22-16-11-7-8-12-17(16)24(20)3/h4-12,14,18H,13H2,1-3H3,(H,23,26)/t18-/m0/s1. The first kappa shape index (κ1) is 18.6.